The molecule has 0 unspecified atom stereocenters. The van der Waals surface area contributed by atoms with E-state index in [4.69, 9.17) is 14.2 Å². The number of hydrogen-bond donors (Lipinski definition) is 1. The number of carbonyl (C=O) groups is 2. The number of methoxy groups -OCH3 is 1. The van der Waals surface area contributed by atoms with Gasteiger partial charge in [-0.2, -0.15) is 0 Å². The number of para-hydroxylation sites is 1. The summed E-state index contributed by atoms with van der Waals surface area (Å²) in [5, 5.41) is 3.04. The average Bonchev–Trinajstić information content (AvgIpc) is 3.32. The molecule has 4 rings (SSSR count). The molecule has 1 fully saturated rings. The van der Waals surface area contributed by atoms with Crippen LogP contribution < -0.4 is 21.3 Å². The minimum Gasteiger partial charge on any atom is -0.496 e. The van der Waals surface area contributed by atoms with Gasteiger partial charge in [-0.15, -0.1) is 11.3 Å². The van der Waals surface area contributed by atoms with Crippen LogP contribution in [0.2, 0.25) is 0 Å². The number of ether oxygens (including phenoxy) is 3. The largest absolute Gasteiger partial charge is 0.496 e. The lowest BCUT2D eigenvalue weighted by atomic mass is 9.97. The van der Waals surface area contributed by atoms with Gasteiger partial charge < -0.3 is 19.5 Å². The molecule has 43 heavy (non-hydrogen) atoms. The van der Waals surface area contributed by atoms with Gasteiger partial charge in [0.1, 0.15) is 27.1 Å². The Morgan fingerprint density at radius 3 is 2.42 bits per heavy atom. The van der Waals surface area contributed by atoms with Crippen LogP contribution in [0.5, 0.6) is 5.75 Å². The van der Waals surface area contributed by atoms with Crippen LogP contribution in [0.4, 0.5) is 0 Å². The molecule has 1 saturated carbocycles. The van der Waals surface area contributed by atoms with Crippen molar-refractivity contribution in [2.45, 2.75) is 104 Å². The van der Waals surface area contributed by atoms with Gasteiger partial charge >= 0.3 is 11.7 Å². The molecule has 2 heterocycles. The van der Waals surface area contributed by atoms with Crippen LogP contribution in [0.15, 0.2) is 33.9 Å². The fourth-order valence-corrected chi connectivity index (χ4v) is 6.87. The number of thiophene rings is 1. The van der Waals surface area contributed by atoms with Gasteiger partial charge in [0.25, 0.3) is 5.56 Å². The lowest BCUT2D eigenvalue weighted by molar-refractivity contribution is -0.129. The molecule has 3 aromatic rings. The first kappa shape index (κ1) is 32.5. The molecule has 1 N–H and O–H groups in total. The van der Waals surface area contributed by atoms with Crippen molar-refractivity contribution in [3.8, 4) is 5.75 Å². The molecule has 2 aromatic heterocycles. The second-order valence-corrected chi connectivity index (χ2v) is 12.8. The third kappa shape index (κ3) is 6.57. The standard InChI is InChI=1S/C32H43N3O7S/c1-8-41-29(37)26-20(4)25-27(36)35(32(5,6)30(38)33-19(2)3)31(39)34(28(25)43-26)18-24(42-21-14-10-9-11-15-21)22-16-12-13-17-23(22)40-7/h12-13,16-17,19,21,24H,8-11,14-15,18H2,1-7H3,(H,33,38)/t24-/m0/s1. The third-order valence-electron chi connectivity index (χ3n) is 7.95. The number of carbonyl (C=O) groups excluding carboxylic acids is 2. The van der Waals surface area contributed by atoms with E-state index in [1.54, 1.807) is 34.8 Å². The monoisotopic (exact) mass is 613 g/mol. The van der Waals surface area contributed by atoms with Crippen LogP contribution in [-0.2, 0) is 26.4 Å². The van der Waals surface area contributed by atoms with Gasteiger partial charge in [-0.05, 0) is 66.0 Å². The van der Waals surface area contributed by atoms with E-state index in [0.29, 0.717) is 16.1 Å². The van der Waals surface area contributed by atoms with E-state index in [9.17, 15) is 19.2 Å². The number of esters is 1. The van der Waals surface area contributed by atoms with Crippen molar-refractivity contribution in [1.29, 1.82) is 0 Å². The van der Waals surface area contributed by atoms with Gasteiger partial charge in [-0.25, -0.2) is 14.2 Å². The van der Waals surface area contributed by atoms with Crippen molar-refractivity contribution in [2.24, 2.45) is 0 Å². The highest BCUT2D eigenvalue weighted by molar-refractivity contribution is 7.20. The fraction of sp³-hybridized carbons (Fsp3) is 0.562. The van der Waals surface area contributed by atoms with E-state index in [1.807, 2.05) is 38.1 Å². The van der Waals surface area contributed by atoms with Crippen molar-refractivity contribution in [2.75, 3.05) is 13.7 Å². The molecule has 0 bridgehead atoms. The lowest BCUT2D eigenvalue weighted by Gasteiger charge is -2.30. The number of amides is 1. The van der Waals surface area contributed by atoms with E-state index in [1.165, 1.54) is 4.57 Å². The van der Waals surface area contributed by atoms with E-state index in [0.717, 1.165) is 53.6 Å². The molecule has 0 radical (unpaired) electrons. The minimum atomic E-state index is -1.53. The molecule has 1 aliphatic carbocycles. The van der Waals surface area contributed by atoms with Crippen molar-refractivity contribution in [3.05, 3.63) is 61.1 Å². The normalized spacial score (nSPS) is 15.1. The summed E-state index contributed by atoms with van der Waals surface area (Å²) in [6.45, 7) is 10.3. The molecule has 1 amide bonds. The highest BCUT2D eigenvalue weighted by atomic mass is 32.1. The summed E-state index contributed by atoms with van der Waals surface area (Å²) in [4.78, 5) is 55.4. The Labute approximate surface area is 255 Å². The van der Waals surface area contributed by atoms with Gasteiger partial charge in [0, 0.05) is 11.6 Å². The number of fused-ring (bicyclic) bond motifs is 1. The van der Waals surface area contributed by atoms with Crippen LogP contribution in [0.3, 0.4) is 0 Å². The number of rotatable bonds is 11. The molecule has 11 heteroatoms. The quantitative estimate of drug-likeness (QED) is 0.300. The van der Waals surface area contributed by atoms with Crippen molar-refractivity contribution in [3.63, 3.8) is 0 Å². The molecule has 0 aliphatic heterocycles. The molecule has 1 aromatic carbocycles. The van der Waals surface area contributed by atoms with Gasteiger partial charge in [-0.1, -0.05) is 37.5 Å². The molecule has 234 valence electrons. The molecule has 1 aliphatic rings. The summed E-state index contributed by atoms with van der Waals surface area (Å²) < 4.78 is 20.2. The zero-order valence-electron chi connectivity index (χ0n) is 26.2. The topological polar surface area (TPSA) is 118 Å². The van der Waals surface area contributed by atoms with E-state index < -0.39 is 34.8 Å². The minimum absolute atomic E-state index is 0.00538. The van der Waals surface area contributed by atoms with E-state index >= 15 is 0 Å². The summed E-state index contributed by atoms with van der Waals surface area (Å²) >= 11 is 1.05. The van der Waals surface area contributed by atoms with Crippen molar-refractivity contribution < 1.29 is 23.8 Å². The number of aryl methyl sites for hydroxylation is 1. The predicted molar refractivity (Wildman–Crippen MR) is 167 cm³/mol. The van der Waals surface area contributed by atoms with Gasteiger partial charge in [0.05, 0.1) is 31.8 Å². The Hall–Kier alpha value is -3.44. The number of nitrogens with one attached hydrogen (secondary N) is 1. The smallest absolute Gasteiger partial charge is 0.348 e. The predicted octanol–water partition coefficient (Wildman–Crippen LogP) is 5.07. The van der Waals surface area contributed by atoms with Gasteiger partial charge in [-0.3, -0.25) is 14.2 Å². The zero-order valence-corrected chi connectivity index (χ0v) is 27.0. The maximum absolute atomic E-state index is 14.4. The molecular formula is C32H43N3O7S. The van der Waals surface area contributed by atoms with Crippen LogP contribution in [0.1, 0.15) is 93.6 Å². The SMILES string of the molecule is CCOC(=O)c1sc2c(c1C)c(=O)n(C(C)(C)C(=O)NC(C)C)c(=O)n2C[C@H](OC1CCCCC1)c1ccccc1OC. The Morgan fingerprint density at radius 2 is 1.79 bits per heavy atom. The molecule has 1 atom stereocenters. The summed E-state index contributed by atoms with van der Waals surface area (Å²) in [6, 6.07) is 7.31. The number of hydrogen-bond acceptors (Lipinski definition) is 8. The molecule has 10 nitrogen and oxygen atoms in total. The third-order valence-corrected chi connectivity index (χ3v) is 9.25. The Morgan fingerprint density at radius 1 is 1.12 bits per heavy atom. The van der Waals surface area contributed by atoms with Crippen molar-refractivity contribution in [1.82, 2.24) is 14.5 Å². The average molecular weight is 614 g/mol. The second-order valence-electron chi connectivity index (χ2n) is 11.8. The number of benzene rings is 1. The van der Waals surface area contributed by atoms with E-state index in [-0.39, 0.29) is 35.6 Å². The van der Waals surface area contributed by atoms with Crippen LogP contribution in [0.25, 0.3) is 10.2 Å². The highest BCUT2D eigenvalue weighted by Gasteiger charge is 2.37. The summed E-state index contributed by atoms with van der Waals surface area (Å²) in [7, 11) is 1.59. The highest BCUT2D eigenvalue weighted by Crippen LogP contribution is 2.35. The van der Waals surface area contributed by atoms with E-state index in [2.05, 4.69) is 5.32 Å². The molecule has 0 saturated heterocycles. The van der Waals surface area contributed by atoms with Crippen LogP contribution >= 0.6 is 11.3 Å². The fourth-order valence-electron chi connectivity index (χ4n) is 5.68. The van der Waals surface area contributed by atoms with Crippen molar-refractivity contribution >= 4 is 33.4 Å². The van der Waals surface area contributed by atoms with Crippen LogP contribution in [-0.4, -0.2) is 46.9 Å². The Balaban J connectivity index is 1.99. The first-order valence-corrected chi connectivity index (χ1v) is 15.8. The Kier molecular flexibility index (Phi) is 10.2. The second kappa shape index (κ2) is 13.5. The maximum atomic E-state index is 14.4. The molecular weight excluding hydrogens is 570 g/mol. The lowest BCUT2D eigenvalue weighted by Crippen LogP contribution is -2.56. The first-order chi connectivity index (χ1) is 20.4. The van der Waals surface area contributed by atoms with Gasteiger partial charge in [0.15, 0.2) is 0 Å². The first-order valence-electron chi connectivity index (χ1n) is 15.0. The number of aromatic nitrogens is 2. The van der Waals surface area contributed by atoms with Crippen LogP contribution in [0, 0.1) is 6.92 Å². The Bertz CT molecular complexity index is 1590. The summed E-state index contributed by atoms with van der Waals surface area (Å²) in [5.74, 6) is -0.416. The zero-order chi connectivity index (χ0) is 31.5. The van der Waals surface area contributed by atoms with Gasteiger partial charge in [0.2, 0.25) is 5.91 Å². The number of nitrogens with zero attached hydrogens (tertiary/aromatic N) is 2. The maximum Gasteiger partial charge on any atom is 0.348 e. The summed E-state index contributed by atoms with van der Waals surface area (Å²) in [6.07, 6.45) is 4.48. The summed E-state index contributed by atoms with van der Waals surface area (Å²) in [5.41, 5.74) is -1.65. The molecule has 0 spiro atoms.